The Morgan fingerprint density at radius 1 is 1.21 bits per heavy atom. The summed E-state index contributed by atoms with van der Waals surface area (Å²) in [5.41, 5.74) is 1.07. The largest absolute Gasteiger partial charge is 0.502 e. The highest BCUT2D eigenvalue weighted by atomic mass is 16.5. The van der Waals surface area contributed by atoms with Crippen LogP contribution >= 0.6 is 0 Å². The van der Waals surface area contributed by atoms with Crippen LogP contribution in [0.3, 0.4) is 0 Å². The molecule has 1 aliphatic carbocycles. The van der Waals surface area contributed by atoms with Crippen LogP contribution in [0.15, 0.2) is 22.9 Å². The van der Waals surface area contributed by atoms with Gasteiger partial charge >= 0.3 is 0 Å². The molecule has 0 spiro atoms. The van der Waals surface area contributed by atoms with Gasteiger partial charge in [0.25, 0.3) is 5.78 Å². The summed E-state index contributed by atoms with van der Waals surface area (Å²) in [5, 5.41) is 9.34. The number of Topliss-reactive ketones (excluding diaryl/α,β-unsaturated/α-hetero) is 1. The molecule has 14 heavy (non-hydrogen) atoms. The van der Waals surface area contributed by atoms with Gasteiger partial charge in [0.1, 0.15) is 5.76 Å². The molecule has 1 saturated carbocycles. The number of rotatable bonds is 0. The second kappa shape index (κ2) is 3.48. The fraction of sp³-hybridized carbons (Fsp3) is 0.545. The topological polar surface area (TPSA) is 46.5 Å². The average molecular weight is 194 g/mol. The van der Waals surface area contributed by atoms with Crippen molar-refractivity contribution in [1.82, 2.24) is 0 Å². The molecular formula is C11H14O3. The van der Waals surface area contributed by atoms with Crippen LogP contribution in [-0.4, -0.2) is 10.9 Å². The van der Waals surface area contributed by atoms with E-state index in [1.54, 1.807) is 6.92 Å². The van der Waals surface area contributed by atoms with Crippen molar-refractivity contribution < 1.29 is 14.6 Å². The van der Waals surface area contributed by atoms with Gasteiger partial charge in [-0.3, -0.25) is 4.79 Å². The van der Waals surface area contributed by atoms with Crippen molar-refractivity contribution in [2.45, 2.75) is 39.0 Å². The number of ketones is 1. The van der Waals surface area contributed by atoms with E-state index in [0.717, 1.165) is 31.3 Å². The Morgan fingerprint density at radius 3 is 2.36 bits per heavy atom. The number of carbonyl (C=O) groups excluding carboxylic acids is 1. The lowest BCUT2D eigenvalue weighted by molar-refractivity contribution is -0.115. The predicted octanol–water partition coefficient (Wildman–Crippen LogP) is 2.59. The molecule has 76 valence electrons. The zero-order chi connectivity index (χ0) is 10.1. The molecule has 1 N–H and O–H groups in total. The van der Waals surface area contributed by atoms with Crippen LogP contribution in [0.1, 0.15) is 39.0 Å². The van der Waals surface area contributed by atoms with Crippen molar-refractivity contribution in [3.63, 3.8) is 0 Å². The number of aliphatic hydroxyl groups excluding tert-OH is 1. The third kappa shape index (κ3) is 1.43. The lowest BCUT2D eigenvalue weighted by Crippen LogP contribution is -2.06. The number of hydrogen-bond acceptors (Lipinski definition) is 3. The van der Waals surface area contributed by atoms with Gasteiger partial charge in [0, 0.05) is 0 Å². The van der Waals surface area contributed by atoms with Crippen molar-refractivity contribution in [3.05, 3.63) is 22.9 Å². The van der Waals surface area contributed by atoms with Gasteiger partial charge in [0.15, 0.2) is 5.76 Å². The molecule has 0 atom stereocenters. The first-order valence-electron chi connectivity index (χ1n) is 5.04. The van der Waals surface area contributed by atoms with E-state index >= 15 is 0 Å². The normalized spacial score (nSPS) is 23.1. The molecule has 0 aromatic rings. The third-order valence-corrected chi connectivity index (χ3v) is 2.79. The van der Waals surface area contributed by atoms with Crippen LogP contribution in [0.25, 0.3) is 0 Å². The number of ether oxygens (including phenoxy) is 1. The van der Waals surface area contributed by atoms with Gasteiger partial charge in [-0.25, -0.2) is 0 Å². The second-order valence-corrected chi connectivity index (χ2v) is 3.83. The highest BCUT2D eigenvalue weighted by molar-refractivity contribution is 6.07. The molecule has 0 amide bonds. The van der Waals surface area contributed by atoms with Gasteiger partial charge in [-0.2, -0.15) is 0 Å². The van der Waals surface area contributed by atoms with Gasteiger partial charge in [0.2, 0.25) is 5.76 Å². The van der Waals surface area contributed by atoms with Crippen LogP contribution in [0.4, 0.5) is 0 Å². The molecule has 0 bridgehead atoms. The molecule has 2 aliphatic rings. The first kappa shape index (κ1) is 9.31. The second-order valence-electron chi connectivity index (χ2n) is 3.83. The van der Waals surface area contributed by atoms with E-state index in [4.69, 9.17) is 4.74 Å². The van der Waals surface area contributed by atoms with Crippen molar-refractivity contribution in [1.29, 1.82) is 0 Å². The van der Waals surface area contributed by atoms with E-state index < -0.39 is 0 Å². The molecule has 3 nitrogen and oxygen atoms in total. The summed E-state index contributed by atoms with van der Waals surface area (Å²) in [6.45, 7) is 1.61. The Hall–Kier alpha value is -1.25. The molecule has 1 heterocycles. The fourth-order valence-corrected chi connectivity index (χ4v) is 1.95. The Balaban J connectivity index is 2.25. The summed E-state index contributed by atoms with van der Waals surface area (Å²) in [5.74, 6) is 0.167. The van der Waals surface area contributed by atoms with Gasteiger partial charge < -0.3 is 9.84 Å². The summed E-state index contributed by atoms with van der Waals surface area (Å²) in [6.07, 6.45) is 5.33. The van der Waals surface area contributed by atoms with Gasteiger partial charge in [-0.05, 0) is 38.2 Å². The van der Waals surface area contributed by atoms with E-state index in [9.17, 15) is 9.90 Å². The highest BCUT2D eigenvalue weighted by Gasteiger charge is 2.30. The molecule has 0 saturated heterocycles. The standard InChI is InChI=1S/C11H14O3/c1-7-9(12)10(13)11(14-7)8-5-3-2-4-6-8/h12H,2-6H2,1H3. The van der Waals surface area contributed by atoms with E-state index in [-0.39, 0.29) is 11.5 Å². The quantitative estimate of drug-likeness (QED) is 0.603. The monoisotopic (exact) mass is 194 g/mol. The summed E-state index contributed by atoms with van der Waals surface area (Å²) in [7, 11) is 0. The lowest BCUT2D eigenvalue weighted by Gasteiger charge is -2.15. The third-order valence-electron chi connectivity index (χ3n) is 2.79. The van der Waals surface area contributed by atoms with Crippen LogP contribution in [-0.2, 0) is 9.53 Å². The molecule has 0 aromatic carbocycles. The van der Waals surface area contributed by atoms with Crippen LogP contribution in [0.5, 0.6) is 0 Å². The smallest absolute Gasteiger partial charge is 0.265 e. The Kier molecular flexibility index (Phi) is 2.32. The summed E-state index contributed by atoms with van der Waals surface area (Å²) < 4.78 is 5.28. The Morgan fingerprint density at radius 2 is 1.86 bits per heavy atom. The summed E-state index contributed by atoms with van der Waals surface area (Å²) >= 11 is 0. The molecule has 0 unspecified atom stereocenters. The number of hydrogen-bond donors (Lipinski definition) is 1. The van der Waals surface area contributed by atoms with Crippen molar-refractivity contribution in [2.24, 2.45) is 0 Å². The summed E-state index contributed by atoms with van der Waals surface area (Å²) in [4.78, 5) is 11.5. The Bertz CT molecular complexity index is 328. The molecule has 1 aliphatic heterocycles. The molecule has 3 heteroatoms. The lowest BCUT2D eigenvalue weighted by atomic mass is 9.93. The highest BCUT2D eigenvalue weighted by Crippen LogP contribution is 2.32. The van der Waals surface area contributed by atoms with Crippen LogP contribution in [0, 0.1) is 0 Å². The number of carbonyl (C=O) groups is 1. The SMILES string of the molecule is CC1=C(O)C(=O)C(=C2CCCCC2)O1. The van der Waals surface area contributed by atoms with E-state index in [1.807, 2.05) is 0 Å². The first-order chi connectivity index (χ1) is 6.70. The first-order valence-corrected chi connectivity index (χ1v) is 5.04. The van der Waals surface area contributed by atoms with Gasteiger partial charge in [-0.1, -0.05) is 6.42 Å². The molecular weight excluding hydrogens is 180 g/mol. The fourth-order valence-electron chi connectivity index (χ4n) is 1.95. The molecule has 0 aromatic heterocycles. The van der Waals surface area contributed by atoms with Crippen molar-refractivity contribution in [2.75, 3.05) is 0 Å². The number of allylic oxidation sites excluding steroid dienone is 2. The Labute approximate surface area is 83.1 Å². The minimum atomic E-state index is -0.334. The predicted molar refractivity (Wildman–Crippen MR) is 51.5 cm³/mol. The minimum Gasteiger partial charge on any atom is -0.502 e. The molecule has 0 radical (unpaired) electrons. The molecule has 2 rings (SSSR count). The maximum atomic E-state index is 11.5. The number of aliphatic hydroxyl groups is 1. The van der Waals surface area contributed by atoms with Crippen molar-refractivity contribution >= 4 is 5.78 Å². The zero-order valence-electron chi connectivity index (χ0n) is 8.30. The van der Waals surface area contributed by atoms with Gasteiger partial charge in [-0.15, -0.1) is 0 Å². The minimum absolute atomic E-state index is 0.224. The van der Waals surface area contributed by atoms with E-state index in [1.165, 1.54) is 6.42 Å². The zero-order valence-corrected chi connectivity index (χ0v) is 8.30. The van der Waals surface area contributed by atoms with E-state index in [0.29, 0.717) is 11.5 Å². The average Bonchev–Trinajstić information content (AvgIpc) is 2.47. The van der Waals surface area contributed by atoms with Crippen molar-refractivity contribution in [3.8, 4) is 0 Å². The maximum absolute atomic E-state index is 11.5. The summed E-state index contributed by atoms with van der Waals surface area (Å²) in [6, 6.07) is 0. The van der Waals surface area contributed by atoms with Gasteiger partial charge in [0.05, 0.1) is 0 Å². The van der Waals surface area contributed by atoms with E-state index in [2.05, 4.69) is 0 Å². The van der Waals surface area contributed by atoms with Crippen LogP contribution < -0.4 is 0 Å². The maximum Gasteiger partial charge on any atom is 0.265 e. The van der Waals surface area contributed by atoms with Crippen LogP contribution in [0.2, 0.25) is 0 Å². The molecule has 1 fully saturated rings.